The maximum absolute atomic E-state index is 13.4. The highest BCUT2D eigenvalue weighted by Crippen LogP contribution is 2.37. The second-order valence-electron chi connectivity index (χ2n) is 6.57. The van der Waals surface area contributed by atoms with Crippen LogP contribution in [0.15, 0.2) is 53.1 Å². The van der Waals surface area contributed by atoms with Crippen LogP contribution in [0.5, 0.6) is 0 Å². The molecule has 1 aromatic heterocycles. The SMILES string of the molecule is Cc1onc(-c2c(Cl)cccc2Cl)c1C(=O)N(Cc1ccccc1)C(C)C. The number of rotatable bonds is 5. The molecule has 6 heteroatoms. The summed E-state index contributed by atoms with van der Waals surface area (Å²) in [4.78, 5) is 15.2. The van der Waals surface area contributed by atoms with E-state index in [1.165, 1.54) is 0 Å². The second kappa shape index (κ2) is 8.15. The number of carbonyl (C=O) groups excluding carboxylic acids is 1. The zero-order valence-corrected chi connectivity index (χ0v) is 16.9. The van der Waals surface area contributed by atoms with Crippen molar-refractivity contribution in [1.82, 2.24) is 10.1 Å². The zero-order chi connectivity index (χ0) is 19.6. The van der Waals surface area contributed by atoms with Crippen molar-refractivity contribution in [2.75, 3.05) is 0 Å². The Bertz CT molecular complexity index is 932. The number of aryl methyl sites for hydroxylation is 1. The molecule has 3 aromatic rings. The van der Waals surface area contributed by atoms with Crippen molar-refractivity contribution in [3.8, 4) is 11.3 Å². The monoisotopic (exact) mass is 402 g/mol. The van der Waals surface area contributed by atoms with Gasteiger partial charge in [-0.2, -0.15) is 0 Å². The lowest BCUT2D eigenvalue weighted by Gasteiger charge is -2.27. The van der Waals surface area contributed by atoms with E-state index in [2.05, 4.69) is 5.16 Å². The fourth-order valence-corrected chi connectivity index (χ4v) is 3.51. The van der Waals surface area contributed by atoms with Crippen LogP contribution in [0.4, 0.5) is 0 Å². The third kappa shape index (κ3) is 4.02. The van der Waals surface area contributed by atoms with Gasteiger partial charge in [-0.3, -0.25) is 4.79 Å². The minimum absolute atomic E-state index is 0.0124. The summed E-state index contributed by atoms with van der Waals surface area (Å²) in [7, 11) is 0. The molecule has 1 heterocycles. The fourth-order valence-electron chi connectivity index (χ4n) is 2.93. The third-order valence-corrected chi connectivity index (χ3v) is 4.99. The van der Waals surface area contributed by atoms with Gasteiger partial charge in [-0.25, -0.2) is 0 Å². The van der Waals surface area contributed by atoms with E-state index in [1.54, 1.807) is 30.0 Å². The Morgan fingerprint density at radius 3 is 2.30 bits per heavy atom. The molecule has 3 rings (SSSR count). The van der Waals surface area contributed by atoms with Gasteiger partial charge in [0.25, 0.3) is 5.91 Å². The largest absolute Gasteiger partial charge is 0.360 e. The molecule has 0 unspecified atom stereocenters. The van der Waals surface area contributed by atoms with E-state index in [0.717, 1.165) is 5.56 Å². The second-order valence-corrected chi connectivity index (χ2v) is 7.39. The number of benzene rings is 2. The van der Waals surface area contributed by atoms with Crippen LogP contribution in [0, 0.1) is 6.92 Å². The Morgan fingerprint density at radius 2 is 1.70 bits per heavy atom. The molecule has 0 N–H and O–H groups in total. The molecule has 27 heavy (non-hydrogen) atoms. The predicted octanol–water partition coefficient (Wildman–Crippen LogP) is 6.01. The quantitative estimate of drug-likeness (QED) is 0.524. The molecular weight excluding hydrogens is 383 g/mol. The molecule has 140 valence electrons. The van der Waals surface area contributed by atoms with Gasteiger partial charge in [0.15, 0.2) is 0 Å². The minimum Gasteiger partial charge on any atom is -0.360 e. The van der Waals surface area contributed by atoms with Gasteiger partial charge in [0, 0.05) is 18.2 Å². The van der Waals surface area contributed by atoms with E-state index in [4.69, 9.17) is 27.7 Å². The summed E-state index contributed by atoms with van der Waals surface area (Å²) in [5.41, 5.74) is 2.30. The summed E-state index contributed by atoms with van der Waals surface area (Å²) < 4.78 is 5.35. The normalized spacial score (nSPS) is 11.0. The van der Waals surface area contributed by atoms with E-state index < -0.39 is 0 Å². The van der Waals surface area contributed by atoms with Crippen LogP contribution in [0.1, 0.15) is 35.5 Å². The Kier molecular flexibility index (Phi) is 5.88. The molecule has 0 aliphatic rings. The Hall–Kier alpha value is -2.30. The maximum atomic E-state index is 13.4. The molecule has 0 saturated heterocycles. The summed E-state index contributed by atoms with van der Waals surface area (Å²) >= 11 is 12.7. The molecule has 0 fully saturated rings. The van der Waals surface area contributed by atoms with Crippen molar-refractivity contribution in [3.63, 3.8) is 0 Å². The van der Waals surface area contributed by atoms with Crippen molar-refractivity contribution in [2.45, 2.75) is 33.4 Å². The van der Waals surface area contributed by atoms with Gasteiger partial charge in [0.2, 0.25) is 0 Å². The van der Waals surface area contributed by atoms with Gasteiger partial charge in [0.1, 0.15) is 17.0 Å². The standard InChI is InChI=1S/C21H20Cl2N2O2/c1-13(2)25(12-15-8-5-4-6-9-15)21(26)18-14(3)27-24-20(18)19-16(22)10-7-11-17(19)23/h4-11,13H,12H2,1-3H3. The van der Waals surface area contributed by atoms with Crippen molar-refractivity contribution < 1.29 is 9.32 Å². The molecule has 1 amide bonds. The highest BCUT2D eigenvalue weighted by molar-refractivity contribution is 6.39. The molecule has 0 spiro atoms. The molecule has 0 aliphatic carbocycles. The number of hydrogen-bond acceptors (Lipinski definition) is 3. The first-order valence-electron chi connectivity index (χ1n) is 8.65. The molecule has 0 atom stereocenters. The summed E-state index contributed by atoms with van der Waals surface area (Å²) in [6, 6.07) is 15.0. The molecule has 0 aliphatic heterocycles. The molecule has 2 aromatic carbocycles. The van der Waals surface area contributed by atoms with E-state index in [0.29, 0.717) is 39.2 Å². The Labute approximate surface area is 168 Å². The van der Waals surface area contributed by atoms with Gasteiger partial charge >= 0.3 is 0 Å². The van der Waals surface area contributed by atoms with Crippen molar-refractivity contribution in [2.24, 2.45) is 0 Å². The Morgan fingerprint density at radius 1 is 1.07 bits per heavy atom. The number of halogens is 2. The maximum Gasteiger partial charge on any atom is 0.260 e. The van der Waals surface area contributed by atoms with Crippen molar-refractivity contribution in [1.29, 1.82) is 0 Å². The van der Waals surface area contributed by atoms with Crippen LogP contribution in [-0.2, 0) is 6.54 Å². The van der Waals surface area contributed by atoms with E-state index in [1.807, 2.05) is 44.2 Å². The lowest BCUT2D eigenvalue weighted by Crippen LogP contribution is -2.36. The van der Waals surface area contributed by atoms with Crippen molar-refractivity contribution in [3.05, 3.63) is 75.5 Å². The average molecular weight is 403 g/mol. The van der Waals surface area contributed by atoms with E-state index >= 15 is 0 Å². The summed E-state index contributed by atoms with van der Waals surface area (Å²) in [5.74, 6) is 0.267. The van der Waals surface area contributed by atoms with E-state index in [-0.39, 0.29) is 11.9 Å². The van der Waals surface area contributed by atoms with Crippen LogP contribution >= 0.6 is 23.2 Å². The summed E-state index contributed by atoms with van der Waals surface area (Å²) in [6.45, 7) is 6.16. The fraction of sp³-hybridized carbons (Fsp3) is 0.238. The topological polar surface area (TPSA) is 46.3 Å². The average Bonchev–Trinajstić information content (AvgIpc) is 3.01. The predicted molar refractivity (Wildman–Crippen MR) is 108 cm³/mol. The van der Waals surface area contributed by atoms with Crippen LogP contribution in [-0.4, -0.2) is 22.0 Å². The van der Waals surface area contributed by atoms with Crippen LogP contribution < -0.4 is 0 Å². The lowest BCUT2D eigenvalue weighted by molar-refractivity contribution is 0.0689. The third-order valence-electron chi connectivity index (χ3n) is 4.36. The molecule has 0 bridgehead atoms. The van der Waals surface area contributed by atoms with Gasteiger partial charge in [-0.15, -0.1) is 0 Å². The number of nitrogens with zero attached hydrogens (tertiary/aromatic N) is 2. The van der Waals surface area contributed by atoms with Crippen LogP contribution in [0.2, 0.25) is 10.0 Å². The van der Waals surface area contributed by atoms with Gasteiger partial charge < -0.3 is 9.42 Å². The van der Waals surface area contributed by atoms with Gasteiger partial charge in [-0.1, -0.05) is 64.8 Å². The summed E-state index contributed by atoms with van der Waals surface area (Å²) in [5, 5.41) is 4.93. The molecule has 0 saturated carbocycles. The first kappa shape index (κ1) is 19.5. The van der Waals surface area contributed by atoms with E-state index in [9.17, 15) is 4.79 Å². The summed E-state index contributed by atoms with van der Waals surface area (Å²) in [6.07, 6.45) is 0. The van der Waals surface area contributed by atoms with Crippen LogP contribution in [0.25, 0.3) is 11.3 Å². The minimum atomic E-state index is -0.168. The van der Waals surface area contributed by atoms with Crippen LogP contribution in [0.3, 0.4) is 0 Å². The lowest BCUT2D eigenvalue weighted by atomic mass is 10.0. The number of amides is 1. The first-order chi connectivity index (χ1) is 12.9. The van der Waals surface area contributed by atoms with Crippen molar-refractivity contribution >= 4 is 29.1 Å². The number of aromatic nitrogens is 1. The Balaban J connectivity index is 2.05. The zero-order valence-electron chi connectivity index (χ0n) is 15.4. The molecule has 0 radical (unpaired) electrons. The smallest absolute Gasteiger partial charge is 0.260 e. The first-order valence-corrected chi connectivity index (χ1v) is 9.41. The number of carbonyl (C=O) groups is 1. The van der Waals surface area contributed by atoms with Gasteiger partial charge in [0.05, 0.1) is 10.0 Å². The van der Waals surface area contributed by atoms with Gasteiger partial charge in [-0.05, 0) is 38.5 Å². The highest BCUT2D eigenvalue weighted by atomic mass is 35.5. The molecule has 4 nitrogen and oxygen atoms in total. The molecular formula is C21H20Cl2N2O2. The number of hydrogen-bond donors (Lipinski definition) is 0. The highest BCUT2D eigenvalue weighted by Gasteiger charge is 2.29.